The second-order valence-electron chi connectivity index (χ2n) is 7.47. The summed E-state index contributed by atoms with van der Waals surface area (Å²) in [5, 5.41) is 2.88. The van der Waals surface area contributed by atoms with Crippen LogP contribution in [-0.4, -0.2) is 36.4 Å². The monoisotopic (exact) mass is 394 g/mol. The molecule has 0 spiro atoms. The van der Waals surface area contributed by atoms with E-state index in [0.29, 0.717) is 23.4 Å². The Bertz CT molecular complexity index is 811. The van der Waals surface area contributed by atoms with Crippen LogP contribution in [0.1, 0.15) is 66.2 Å². The molecule has 1 heterocycles. The van der Waals surface area contributed by atoms with Crippen LogP contribution in [0.5, 0.6) is 5.75 Å². The molecule has 1 aliphatic rings. The van der Waals surface area contributed by atoms with Crippen LogP contribution in [0.15, 0.2) is 48.5 Å². The Morgan fingerprint density at radius 1 is 0.966 bits per heavy atom. The Morgan fingerprint density at radius 2 is 1.72 bits per heavy atom. The molecule has 1 N–H and O–H groups in total. The number of unbranched alkanes of at least 4 members (excludes halogenated alkanes) is 3. The van der Waals surface area contributed by atoms with Gasteiger partial charge in [0.2, 0.25) is 0 Å². The molecule has 0 saturated carbocycles. The van der Waals surface area contributed by atoms with Crippen molar-refractivity contribution in [2.45, 2.75) is 45.4 Å². The summed E-state index contributed by atoms with van der Waals surface area (Å²) in [5.74, 6) is 0.598. The summed E-state index contributed by atoms with van der Waals surface area (Å²) in [6.45, 7) is 4.50. The fourth-order valence-electron chi connectivity index (χ4n) is 3.46. The number of amides is 2. The van der Waals surface area contributed by atoms with Crippen LogP contribution in [0, 0.1) is 0 Å². The normalized spacial score (nSPS) is 13.3. The van der Waals surface area contributed by atoms with E-state index in [-0.39, 0.29) is 11.8 Å². The van der Waals surface area contributed by atoms with Crippen molar-refractivity contribution in [1.82, 2.24) is 4.90 Å². The van der Waals surface area contributed by atoms with Crippen LogP contribution in [0.3, 0.4) is 0 Å². The Kier molecular flexibility index (Phi) is 7.68. The SMILES string of the molecule is CCCCCCOc1ccc(C(=O)Nc2cccc(C(=O)N3CCCC3)c2)cc1. The van der Waals surface area contributed by atoms with E-state index in [9.17, 15) is 9.59 Å². The highest BCUT2D eigenvalue weighted by atomic mass is 16.5. The lowest BCUT2D eigenvalue weighted by atomic mass is 10.1. The van der Waals surface area contributed by atoms with Gasteiger partial charge in [-0.05, 0) is 61.7 Å². The van der Waals surface area contributed by atoms with Crippen molar-refractivity contribution in [2.24, 2.45) is 0 Å². The third-order valence-corrected chi connectivity index (χ3v) is 5.14. The van der Waals surface area contributed by atoms with E-state index in [1.807, 2.05) is 17.0 Å². The number of nitrogens with zero attached hydrogens (tertiary/aromatic N) is 1. The number of likely N-dealkylation sites (tertiary alicyclic amines) is 1. The largest absolute Gasteiger partial charge is 0.494 e. The van der Waals surface area contributed by atoms with Crippen molar-refractivity contribution in [3.63, 3.8) is 0 Å². The molecule has 2 amide bonds. The van der Waals surface area contributed by atoms with Crippen molar-refractivity contribution >= 4 is 17.5 Å². The van der Waals surface area contributed by atoms with Crippen LogP contribution >= 0.6 is 0 Å². The van der Waals surface area contributed by atoms with E-state index in [1.165, 1.54) is 19.3 Å². The molecule has 0 radical (unpaired) electrons. The Morgan fingerprint density at radius 3 is 2.45 bits per heavy atom. The van der Waals surface area contributed by atoms with E-state index < -0.39 is 0 Å². The lowest BCUT2D eigenvalue weighted by Gasteiger charge is -2.15. The van der Waals surface area contributed by atoms with Crippen molar-refractivity contribution < 1.29 is 14.3 Å². The van der Waals surface area contributed by atoms with Gasteiger partial charge in [0.25, 0.3) is 11.8 Å². The van der Waals surface area contributed by atoms with Crippen molar-refractivity contribution in [1.29, 1.82) is 0 Å². The number of carbonyl (C=O) groups excluding carboxylic acids is 2. The minimum absolute atomic E-state index is 0.0269. The summed E-state index contributed by atoms with van der Waals surface area (Å²) in [5.41, 5.74) is 1.78. The van der Waals surface area contributed by atoms with E-state index in [0.717, 1.165) is 38.1 Å². The maximum absolute atomic E-state index is 12.5. The second-order valence-corrected chi connectivity index (χ2v) is 7.47. The number of nitrogens with one attached hydrogen (secondary N) is 1. The molecule has 154 valence electrons. The molecule has 0 atom stereocenters. The molecule has 0 aromatic heterocycles. The highest BCUT2D eigenvalue weighted by Crippen LogP contribution is 2.18. The van der Waals surface area contributed by atoms with Gasteiger partial charge >= 0.3 is 0 Å². The Hall–Kier alpha value is -2.82. The summed E-state index contributed by atoms with van der Waals surface area (Å²) >= 11 is 0. The van der Waals surface area contributed by atoms with E-state index in [1.54, 1.807) is 36.4 Å². The number of ether oxygens (including phenoxy) is 1. The molecule has 1 saturated heterocycles. The molecule has 1 fully saturated rings. The molecule has 2 aromatic carbocycles. The van der Waals surface area contributed by atoms with Gasteiger partial charge in [-0.2, -0.15) is 0 Å². The van der Waals surface area contributed by atoms with Crippen LogP contribution in [-0.2, 0) is 0 Å². The third-order valence-electron chi connectivity index (χ3n) is 5.14. The van der Waals surface area contributed by atoms with Crippen molar-refractivity contribution in [3.8, 4) is 5.75 Å². The number of hydrogen-bond acceptors (Lipinski definition) is 3. The highest BCUT2D eigenvalue weighted by molar-refractivity contribution is 6.05. The van der Waals surface area contributed by atoms with Crippen LogP contribution in [0.4, 0.5) is 5.69 Å². The third kappa shape index (κ3) is 6.08. The molecule has 1 aliphatic heterocycles. The summed E-state index contributed by atoms with van der Waals surface area (Å²) in [6.07, 6.45) is 6.77. The summed E-state index contributed by atoms with van der Waals surface area (Å²) in [4.78, 5) is 26.9. The lowest BCUT2D eigenvalue weighted by Crippen LogP contribution is -2.27. The van der Waals surface area contributed by atoms with Gasteiger partial charge in [-0.15, -0.1) is 0 Å². The molecule has 2 aromatic rings. The van der Waals surface area contributed by atoms with E-state index in [2.05, 4.69) is 12.2 Å². The number of hydrogen-bond donors (Lipinski definition) is 1. The molecule has 29 heavy (non-hydrogen) atoms. The maximum atomic E-state index is 12.5. The average molecular weight is 395 g/mol. The van der Waals surface area contributed by atoms with Gasteiger partial charge in [-0.1, -0.05) is 32.3 Å². The van der Waals surface area contributed by atoms with E-state index >= 15 is 0 Å². The maximum Gasteiger partial charge on any atom is 0.255 e. The molecule has 0 bridgehead atoms. The summed E-state index contributed by atoms with van der Waals surface area (Å²) in [6, 6.07) is 14.3. The lowest BCUT2D eigenvalue weighted by molar-refractivity contribution is 0.0792. The zero-order chi connectivity index (χ0) is 20.5. The zero-order valence-electron chi connectivity index (χ0n) is 17.2. The predicted molar refractivity (Wildman–Crippen MR) is 116 cm³/mol. The van der Waals surface area contributed by atoms with Crippen LogP contribution in [0.25, 0.3) is 0 Å². The predicted octanol–water partition coefficient (Wildman–Crippen LogP) is 5.13. The van der Waals surface area contributed by atoms with Gasteiger partial charge < -0.3 is 15.0 Å². The summed E-state index contributed by atoms with van der Waals surface area (Å²) < 4.78 is 5.72. The molecule has 0 aliphatic carbocycles. The molecule has 5 nitrogen and oxygen atoms in total. The Balaban J connectivity index is 1.54. The molecule has 3 rings (SSSR count). The average Bonchev–Trinajstić information content (AvgIpc) is 3.28. The number of rotatable bonds is 9. The van der Waals surface area contributed by atoms with Crippen LogP contribution in [0.2, 0.25) is 0 Å². The molecule has 0 unspecified atom stereocenters. The number of carbonyl (C=O) groups is 2. The highest BCUT2D eigenvalue weighted by Gasteiger charge is 2.19. The van der Waals surface area contributed by atoms with E-state index in [4.69, 9.17) is 4.74 Å². The molecular weight excluding hydrogens is 364 g/mol. The summed E-state index contributed by atoms with van der Waals surface area (Å²) in [7, 11) is 0. The minimum Gasteiger partial charge on any atom is -0.494 e. The fraction of sp³-hybridized carbons (Fsp3) is 0.417. The van der Waals surface area contributed by atoms with Crippen molar-refractivity contribution in [2.75, 3.05) is 25.0 Å². The minimum atomic E-state index is -0.203. The smallest absolute Gasteiger partial charge is 0.255 e. The Labute approximate surface area is 173 Å². The van der Waals surface area contributed by atoms with Crippen molar-refractivity contribution in [3.05, 3.63) is 59.7 Å². The standard InChI is InChI=1S/C24H30N2O3/c1-2-3-4-7-17-29-22-13-11-19(12-14-22)23(27)25-21-10-8-9-20(18-21)24(28)26-15-5-6-16-26/h8-14,18H,2-7,15-17H2,1H3,(H,25,27). The first-order valence-electron chi connectivity index (χ1n) is 10.6. The fourth-order valence-corrected chi connectivity index (χ4v) is 3.46. The zero-order valence-corrected chi connectivity index (χ0v) is 17.2. The van der Waals surface area contributed by atoms with Gasteiger partial charge in [-0.3, -0.25) is 9.59 Å². The topological polar surface area (TPSA) is 58.6 Å². The van der Waals surface area contributed by atoms with Gasteiger partial charge in [-0.25, -0.2) is 0 Å². The van der Waals surface area contributed by atoms with Gasteiger partial charge in [0.05, 0.1) is 6.61 Å². The molecular formula is C24H30N2O3. The quantitative estimate of drug-likeness (QED) is 0.600. The number of benzene rings is 2. The molecule has 5 heteroatoms. The van der Waals surface area contributed by atoms with Gasteiger partial charge in [0.1, 0.15) is 5.75 Å². The first-order chi connectivity index (χ1) is 14.2. The second kappa shape index (κ2) is 10.6. The van der Waals surface area contributed by atoms with Gasteiger partial charge in [0.15, 0.2) is 0 Å². The van der Waals surface area contributed by atoms with Gasteiger partial charge in [0, 0.05) is 29.9 Å². The number of anilines is 1. The first kappa shape index (κ1) is 20.9. The first-order valence-corrected chi connectivity index (χ1v) is 10.6. The van der Waals surface area contributed by atoms with Crippen LogP contribution < -0.4 is 10.1 Å².